The number of carbonyl (C=O) groups excluding carboxylic acids is 3. The number of hydrogen-bond donors (Lipinski definition) is 1. The summed E-state index contributed by atoms with van der Waals surface area (Å²) in [7, 11) is 0. The van der Waals surface area contributed by atoms with Crippen LogP contribution in [0.3, 0.4) is 0 Å². The molecule has 0 unspecified atom stereocenters. The molecular weight excluding hydrogens is 386 g/mol. The van der Waals surface area contributed by atoms with Crippen molar-refractivity contribution in [3.8, 4) is 0 Å². The first-order valence-corrected chi connectivity index (χ1v) is 10.6. The molecule has 29 heavy (non-hydrogen) atoms. The van der Waals surface area contributed by atoms with E-state index in [0.29, 0.717) is 21.8 Å². The van der Waals surface area contributed by atoms with E-state index in [-0.39, 0.29) is 23.8 Å². The van der Waals surface area contributed by atoms with Crippen LogP contribution in [0.15, 0.2) is 42.5 Å². The molecule has 7 heteroatoms. The minimum atomic E-state index is -0.344. The molecule has 6 nitrogen and oxygen atoms in total. The van der Waals surface area contributed by atoms with Gasteiger partial charge in [0.25, 0.3) is 17.7 Å². The summed E-state index contributed by atoms with van der Waals surface area (Å²) in [6.07, 6.45) is 4.93. The Morgan fingerprint density at radius 1 is 1.00 bits per heavy atom. The van der Waals surface area contributed by atoms with Gasteiger partial charge in [0.1, 0.15) is 0 Å². The van der Waals surface area contributed by atoms with Gasteiger partial charge in [-0.1, -0.05) is 42.7 Å². The third kappa shape index (κ3) is 3.11. The highest BCUT2D eigenvalue weighted by atomic mass is 32.1. The first-order chi connectivity index (χ1) is 14.1. The second-order valence-corrected chi connectivity index (χ2v) is 8.50. The van der Waals surface area contributed by atoms with Crippen LogP contribution >= 0.6 is 11.3 Å². The summed E-state index contributed by atoms with van der Waals surface area (Å²) in [4.78, 5) is 44.2. The SMILES string of the molecule is O=C(Nc1nc2ccccc2s1)c1ccc2c(c1)C(=O)N(C1CCCCC1)C2=O. The molecule has 1 saturated carbocycles. The standard InChI is InChI=1S/C22H19N3O3S/c26-19(24-22-23-17-8-4-5-9-18(17)29-22)13-10-11-15-16(12-13)21(28)25(20(15)27)14-6-2-1-3-7-14/h4-5,8-12,14H,1-3,6-7H2,(H,23,24,26). The molecule has 0 radical (unpaired) electrons. The molecule has 1 aliphatic carbocycles. The number of carbonyl (C=O) groups is 3. The number of amides is 3. The maximum Gasteiger partial charge on any atom is 0.261 e. The molecule has 2 aromatic carbocycles. The van der Waals surface area contributed by atoms with Gasteiger partial charge in [0.15, 0.2) is 5.13 Å². The van der Waals surface area contributed by atoms with Crippen LogP contribution in [0.25, 0.3) is 10.2 Å². The van der Waals surface area contributed by atoms with E-state index in [4.69, 9.17) is 0 Å². The largest absolute Gasteiger partial charge is 0.298 e. The number of anilines is 1. The van der Waals surface area contributed by atoms with Gasteiger partial charge in [0.2, 0.25) is 0 Å². The number of rotatable bonds is 3. The monoisotopic (exact) mass is 405 g/mol. The summed E-state index contributed by atoms with van der Waals surface area (Å²) in [5.41, 5.74) is 1.87. The molecule has 0 bridgehead atoms. The van der Waals surface area contributed by atoms with Crippen LogP contribution in [-0.2, 0) is 0 Å². The molecular formula is C22H19N3O3S. The van der Waals surface area contributed by atoms with Crippen LogP contribution in [-0.4, -0.2) is 33.6 Å². The van der Waals surface area contributed by atoms with E-state index < -0.39 is 0 Å². The van der Waals surface area contributed by atoms with Gasteiger partial charge in [-0.2, -0.15) is 0 Å². The van der Waals surface area contributed by atoms with Crippen LogP contribution in [0.4, 0.5) is 5.13 Å². The first kappa shape index (κ1) is 18.0. The predicted molar refractivity (Wildman–Crippen MR) is 111 cm³/mol. The zero-order valence-electron chi connectivity index (χ0n) is 15.7. The zero-order chi connectivity index (χ0) is 20.0. The molecule has 0 atom stereocenters. The highest BCUT2D eigenvalue weighted by Gasteiger charge is 2.40. The van der Waals surface area contributed by atoms with Crippen molar-refractivity contribution in [2.75, 3.05) is 5.32 Å². The Kier molecular flexibility index (Phi) is 4.39. The molecule has 1 aliphatic heterocycles. The fraction of sp³-hybridized carbons (Fsp3) is 0.273. The Morgan fingerprint density at radius 2 is 1.76 bits per heavy atom. The predicted octanol–water partition coefficient (Wildman–Crippen LogP) is 4.48. The zero-order valence-corrected chi connectivity index (χ0v) is 16.5. The number of thiazole rings is 1. The molecule has 0 saturated heterocycles. The minimum Gasteiger partial charge on any atom is -0.298 e. The Morgan fingerprint density at radius 3 is 2.55 bits per heavy atom. The molecule has 5 rings (SSSR count). The lowest BCUT2D eigenvalue weighted by Crippen LogP contribution is -2.40. The normalized spacial score (nSPS) is 17.0. The van der Waals surface area contributed by atoms with Gasteiger partial charge >= 0.3 is 0 Å². The lowest BCUT2D eigenvalue weighted by Gasteiger charge is -2.29. The number of nitrogens with zero attached hydrogens (tertiary/aromatic N) is 2. The van der Waals surface area contributed by atoms with Crippen LogP contribution in [0.2, 0.25) is 0 Å². The number of benzene rings is 2. The van der Waals surface area contributed by atoms with Crippen LogP contribution < -0.4 is 5.32 Å². The molecule has 1 aromatic heterocycles. The Balaban J connectivity index is 1.39. The third-order valence-corrected chi connectivity index (χ3v) is 6.59. The summed E-state index contributed by atoms with van der Waals surface area (Å²) in [6, 6.07) is 12.3. The lowest BCUT2D eigenvalue weighted by molar-refractivity contribution is 0.0549. The molecule has 0 spiro atoms. The molecule has 3 amide bonds. The molecule has 2 aliphatic rings. The van der Waals surface area contributed by atoms with Crippen molar-refractivity contribution in [1.82, 2.24) is 9.88 Å². The van der Waals surface area contributed by atoms with Crippen molar-refractivity contribution in [3.63, 3.8) is 0 Å². The van der Waals surface area contributed by atoms with Gasteiger partial charge < -0.3 is 0 Å². The summed E-state index contributed by atoms with van der Waals surface area (Å²) in [6.45, 7) is 0. The summed E-state index contributed by atoms with van der Waals surface area (Å²) < 4.78 is 0.987. The van der Waals surface area contributed by atoms with Gasteiger partial charge in [-0.05, 0) is 43.2 Å². The van der Waals surface area contributed by atoms with Crippen LogP contribution in [0.5, 0.6) is 0 Å². The van der Waals surface area contributed by atoms with Crippen LogP contribution in [0.1, 0.15) is 63.2 Å². The number of hydrogen-bond acceptors (Lipinski definition) is 5. The van der Waals surface area contributed by atoms with Gasteiger partial charge in [0.05, 0.1) is 21.3 Å². The molecule has 146 valence electrons. The van der Waals surface area contributed by atoms with Crippen molar-refractivity contribution in [2.24, 2.45) is 0 Å². The van der Waals surface area contributed by atoms with E-state index in [2.05, 4.69) is 10.3 Å². The van der Waals surface area contributed by atoms with Gasteiger partial charge in [0, 0.05) is 11.6 Å². The van der Waals surface area contributed by atoms with Gasteiger partial charge in [-0.3, -0.25) is 24.6 Å². The molecule has 1 N–H and O–H groups in total. The summed E-state index contributed by atoms with van der Waals surface area (Å²) in [5, 5.41) is 3.30. The fourth-order valence-corrected chi connectivity index (χ4v) is 5.03. The van der Waals surface area contributed by atoms with E-state index in [0.717, 1.165) is 42.3 Å². The number of nitrogens with one attached hydrogen (secondary N) is 1. The Labute approximate surface area is 171 Å². The van der Waals surface area contributed by atoms with Crippen molar-refractivity contribution in [3.05, 3.63) is 59.2 Å². The molecule has 1 fully saturated rings. The molecule has 3 aromatic rings. The topological polar surface area (TPSA) is 79.4 Å². The highest BCUT2D eigenvalue weighted by molar-refractivity contribution is 7.22. The summed E-state index contributed by atoms with van der Waals surface area (Å²) >= 11 is 1.39. The van der Waals surface area contributed by atoms with Gasteiger partial charge in [-0.25, -0.2) is 4.98 Å². The van der Waals surface area contributed by atoms with E-state index >= 15 is 0 Å². The Bertz CT molecular complexity index is 1110. The first-order valence-electron chi connectivity index (χ1n) is 9.81. The number of fused-ring (bicyclic) bond motifs is 2. The minimum absolute atomic E-state index is 0.0313. The average molecular weight is 405 g/mol. The third-order valence-electron chi connectivity index (χ3n) is 5.63. The van der Waals surface area contributed by atoms with E-state index in [1.165, 1.54) is 22.3 Å². The highest BCUT2D eigenvalue weighted by Crippen LogP contribution is 2.32. The Hall–Kier alpha value is -3.06. The van der Waals surface area contributed by atoms with E-state index in [1.54, 1.807) is 12.1 Å². The van der Waals surface area contributed by atoms with Crippen molar-refractivity contribution in [2.45, 2.75) is 38.1 Å². The van der Waals surface area contributed by atoms with Crippen molar-refractivity contribution >= 4 is 44.4 Å². The quantitative estimate of drug-likeness (QED) is 0.652. The van der Waals surface area contributed by atoms with Crippen molar-refractivity contribution < 1.29 is 14.4 Å². The van der Waals surface area contributed by atoms with Crippen molar-refractivity contribution in [1.29, 1.82) is 0 Å². The van der Waals surface area contributed by atoms with Crippen LogP contribution in [0, 0.1) is 0 Å². The lowest BCUT2D eigenvalue weighted by atomic mass is 9.94. The summed E-state index contributed by atoms with van der Waals surface area (Å²) in [5.74, 6) is -0.871. The number of aromatic nitrogens is 1. The molecule has 2 heterocycles. The second kappa shape index (κ2) is 7.08. The average Bonchev–Trinajstić information content (AvgIpc) is 3.26. The van der Waals surface area contributed by atoms with E-state index in [9.17, 15) is 14.4 Å². The maximum absolute atomic E-state index is 12.9. The smallest absolute Gasteiger partial charge is 0.261 e. The number of imide groups is 1. The number of para-hydroxylation sites is 1. The second-order valence-electron chi connectivity index (χ2n) is 7.47. The fourth-order valence-electron chi connectivity index (χ4n) is 4.17. The van der Waals surface area contributed by atoms with E-state index in [1.807, 2.05) is 24.3 Å². The van der Waals surface area contributed by atoms with Gasteiger partial charge in [-0.15, -0.1) is 0 Å². The maximum atomic E-state index is 12.9.